The maximum atomic E-state index is 14.0. The molecule has 1 fully saturated rings. The van der Waals surface area contributed by atoms with E-state index in [1.54, 1.807) is 7.05 Å². The molecule has 202 valence electrons. The number of rotatable bonds is 6. The van der Waals surface area contributed by atoms with Crippen LogP contribution in [0.5, 0.6) is 0 Å². The molecule has 1 saturated heterocycles. The number of pyridine rings is 2. The summed E-state index contributed by atoms with van der Waals surface area (Å²) >= 11 is 1.50. The lowest BCUT2D eigenvalue weighted by molar-refractivity contribution is -0.289. The first-order valence-corrected chi connectivity index (χ1v) is 12.8. The Hall–Kier alpha value is -3.26. The molecule has 0 atom stereocenters. The van der Waals surface area contributed by atoms with Gasteiger partial charge in [-0.25, -0.2) is 19.9 Å². The van der Waals surface area contributed by atoms with Crippen molar-refractivity contribution < 1.29 is 26.7 Å². The van der Waals surface area contributed by atoms with Gasteiger partial charge in [-0.2, -0.15) is 22.0 Å². The molecule has 4 aromatic rings. The van der Waals surface area contributed by atoms with E-state index in [0.717, 1.165) is 30.0 Å². The first kappa shape index (κ1) is 26.4. The fourth-order valence-corrected chi connectivity index (χ4v) is 5.13. The minimum Gasteiger partial charge on any atom is -0.378 e. The molecule has 0 spiro atoms. The Morgan fingerprint density at radius 2 is 1.71 bits per heavy atom. The van der Waals surface area contributed by atoms with E-state index in [0.29, 0.717) is 48.2 Å². The smallest absolute Gasteiger partial charge is 0.378 e. The number of hydrogen-bond donors (Lipinski definition) is 0. The molecule has 4 aromatic heterocycles. The summed E-state index contributed by atoms with van der Waals surface area (Å²) in [7, 11) is 3.46. The van der Waals surface area contributed by atoms with E-state index >= 15 is 0 Å². The number of anilines is 1. The van der Waals surface area contributed by atoms with Crippen molar-refractivity contribution in [3.8, 4) is 23.0 Å². The number of alkyl halides is 5. The number of hydrogen-bond acceptors (Lipinski definition) is 7. The molecule has 5 rings (SSSR count). The van der Waals surface area contributed by atoms with Gasteiger partial charge in [0.1, 0.15) is 27.7 Å². The van der Waals surface area contributed by atoms with E-state index in [-0.39, 0.29) is 11.2 Å². The number of thioether (sulfide) groups is 1. The van der Waals surface area contributed by atoms with Crippen LogP contribution in [-0.4, -0.2) is 67.3 Å². The number of nitrogens with zero attached hydrogens (tertiary/aromatic N) is 7. The van der Waals surface area contributed by atoms with Gasteiger partial charge in [0, 0.05) is 33.4 Å². The van der Waals surface area contributed by atoms with Gasteiger partial charge < -0.3 is 18.8 Å². The molecule has 0 aliphatic carbocycles. The van der Waals surface area contributed by atoms with Crippen molar-refractivity contribution in [1.82, 2.24) is 29.1 Å². The number of ether oxygens (including phenoxy) is 1. The van der Waals surface area contributed by atoms with Gasteiger partial charge in [0.2, 0.25) is 0 Å². The summed E-state index contributed by atoms with van der Waals surface area (Å²) in [6.45, 7) is 4.66. The summed E-state index contributed by atoms with van der Waals surface area (Å²) in [5, 5.41) is 0.750. The van der Waals surface area contributed by atoms with Crippen molar-refractivity contribution >= 4 is 28.7 Å². The van der Waals surface area contributed by atoms with Gasteiger partial charge in [0.25, 0.3) is 0 Å². The number of aryl methyl sites for hydroxylation is 1. The zero-order valence-electron chi connectivity index (χ0n) is 20.8. The second-order valence-electron chi connectivity index (χ2n) is 8.69. The molecule has 0 unspecified atom stereocenters. The van der Waals surface area contributed by atoms with Gasteiger partial charge in [-0.1, -0.05) is 13.0 Å². The first-order chi connectivity index (χ1) is 18.0. The Balaban J connectivity index is 1.60. The summed E-state index contributed by atoms with van der Waals surface area (Å²) in [6, 6.07) is 6.39. The fraction of sp³-hybridized carbons (Fsp3) is 0.417. The Labute approximate surface area is 218 Å². The highest BCUT2D eigenvalue weighted by Crippen LogP contribution is 2.44. The second kappa shape index (κ2) is 9.80. The van der Waals surface area contributed by atoms with Crippen LogP contribution in [0.4, 0.5) is 27.8 Å². The van der Waals surface area contributed by atoms with Crippen molar-refractivity contribution in [2.75, 3.05) is 37.0 Å². The van der Waals surface area contributed by atoms with E-state index < -0.39 is 17.7 Å². The quantitative estimate of drug-likeness (QED) is 0.245. The number of morpholine rings is 1. The van der Waals surface area contributed by atoms with Crippen LogP contribution in [-0.2, 0) is 24.8 Å². The van der Waals surface area contributed by atoms with Crippen LogP contribution in [0, 0.1) is 0 Å². The number of halogens is 5. The third kappa shape index (κ3) is 4.49. The molecule has 0 saturated carbocycles. The van der Waals surface area contributed by atoms with Crippen LogP contribution in [0.25, 0.3) is 34.2 Å². The normalized spacial score (nSPS) is 15.0. The average Bonchev–Trinajstić information content (AvgIpc) is 3.40. The van der Waals surface area contributed by atoms with Crippen LogP contribution in [0.1, 0.15) is 12.5 Å². The molecule has 0 aromatic carbocycles. The van der Waals surface area contributed by atoms with Crippen LogP contribution in [0.3, 0.4) is 0 Å². The molecule has 5 heterocycles. The molecule has 38 heavy (non-hydrogen) atoms. The Kier molecular flexibility index (Phi) is 6.80. The first-order valence-electron chi connectivity index (χ1n) is 11.8. The van der Waals surface area contributed by atoms with Crippen LogP contribution >= 0.6 is 11.8 Å². The summed E-state index contributed by atoms with van der Waals surface area (Å²) < 4.78 is 75.5. The highest BCUT2D eigenvalue weighted by Gasteiger charge is 2.59. The molecule has 0 N–H and O–H groups in total. The molecule has 8 nitrogen and oxygen atoms in total. The van der Waals surface area contributed by atoms with Crippen LogP contribution in [0.2, 0.25) is 0 Å². The van der Waals surface area contributed by atoms with Gasteiger partial charge in [-0.3, -0.25) is 0 Å². The predicted molar refractivity (Wildman–Crippen MR) is 133 cm³/mol. The second-order valence-corrected chi connectivity index (χ2v) is 9.95. The Bertz CT molecular complexity index is 1480. The maximum absolute atomic E-state index is 14.0. The van der Waals surface area contributed by atoms with Crippen molar-refractivity contribution in [2.45, 2.75) is 24.0 Å². The van der Waals surface area contributed by atoms with Crippen molar-refractivity contribution in [2.24, 2.45) is 14.1 Å². The van der Waals surface area contributed by atoms with Crippen molar-refractivity contribution in [1.29, 1.82) is 0 Å². The standard InChI is InChI=1S/C24H24F5N7OS/c1-4-38-22-18(21-32-16-12-14(13-30-19(16)34(21)2)23(25,26)24(27,28)29)33-20(35(22)3)15-6-5-7-17(31-15)36-8-10-37-11-9-36/h5-7,12-13H,4,8-11H2,1-3H3. The van der Waals surface area contributed by atoms with Gasteiger partial charge >= 0.3 is 12.1 Å². The zero-order valence-corrected chi connectivity index (χ0v) is 21.6. The minimum absolute atomic E-state index is 0.0870. The largest absolute Gasteiger partial charge is 0.458 e. The molecule has 1 aliphatic rings. The molecule has 14 heteroatoms. The van der Waals surface area contributed by atoms with Crippen molar-refractivity contribution in [3.63, 3.8) is 0 Å². The summed E-state index contributed by atoms with van der Waals surface area (Å²) in [6.07, 6.45) is -5.21. The molecule has 0 amide bonds. The lowest BCUT2D eigenvalue weighted by Crippen LogP contribution is -2.36. The SMILES string of the molecule is CCSc1c(-c2nc3cc(C(F)(F)C(F)(F)F)cnc3n2C)nc(-c2cccc(N3CCOCC3)n2)n1C. The third-order valence-corrected chi connectivity index (χ3v) is 7.29. The van der Waals surface area contributed by atoms with Crippen LogP contribution < -0.4 is 4.90 Å². The predicted octanol–water partition coefficient (Wildman–Crippen LogP) is 5.03. The van der Waals surface area contributed by atoms with E-state index in [4.69, 9.17) is 14.7 Å². The summed E-state index contributed by atoms with van der Waals surface area (Å²) in [4.78, 5) is 20.0. The molecule has 0 radical (unpaired) electrons. The minimum atomic E-state index is -5.75. The fourth-order valence-electron chi connectivity index (χ4n) is 4.30. The van der Waals surface area contributed by atoms with E-state index in [2.05, 4.69) is 14.9 Å². The van der Waals surface area contributed by atoms with E-state index in [1.807, 2.05) is 36.7 Å². The van der Waals surface area contributed by atoms with Crippen molar-refractivity contribution in [3.05, 3.63) is 36.0 Å². The lowest BCUT2D eigenvalue weighted by atomic mass is 10.1. The van der Waals surface area contributed by atoms with E-state index in [1.165, 1.54) is 16.3 Å². The lowest BCUT2D eigenvalue weighted by Gasteiger charge is -2.28. The third-order valence-electron chi connectivity index (χ3n) is 6.26. The maximum Gasteiger partial charge on any atom is 0.458 e. The van der Waals surface area contributed by atoms with Crippen LogP contribution in [0.15, 0.2) is 35.5 Å². The molecular weight excluding hydrogens is 529 g/mol. The van der Waals surface area contributed by atoms with Gasteiger partial charge in [-0.15, -0.1) is 11.8 Å². The number of imidazole rings is 2. The zero-order chi connectivity index (χ0) is 27.2. The summed E-state index contributed by atoms with van der Waals surface area (Å²) in [5.74, 6) is -2.69. The molecular formula is C24H24F5N7OS. The van der Waals surface area contributed by atoms with E-state index in [9.17, 15) is 22.0 Å². The van der Waals surface area contributed by atoms with Gasteiger partial charge in [-0.05, 0) is 24.0 Å². The highest BCUT2D eigenvalue weighted by molar-refractivity contribution is 7.99. The van der Waals surface area contributed by atoms with Gasteiger partial charge in [0.15, 0.2) is 17.3 Å². The highest BCUT2D eigenvalue weighted by atomic mass is 32.2. The Morgan fingerprint density at radius 1 is 0.974 bits per heavy atom. The monoisotopic (exact) mass is 553 g/mol. The number of fused-ring (bicyclic) bond motifs is 1. The molecule has 1 aliphatic heterocycles. The topological polar surface area (TPSA) is 73.9 Å². The molecule has 0 bridgehead atoms. The number of aromatic nitrogens is 6. The van der Waals surface area contributed by atoms with Gasteiger partial charge in [0.05, 0.1) is 18.8 Å². The average molecular weight is 554 g/mol. The Morgan fingerprint density at radius 3 is 2.39 bits per heavy atom. The summed E-state index contributed by atoms with van der Waals surface area (Å²) in [5.41, 5.74) is -0.108.